The third-order valence-corrected chi connectivity index (χ3v) is 3.37. The van der Waals surface area contributed by atoms with E-state index in [9.17, 15) is 0 Å². The van der Waals surface area contributed by atoms with Crippen molar-refractivity contribution >= 4 is 30.9 Å². The number of fused-ring (bicyclic) bond motifs is 1. The Morgan fingerprint density at radius 2 is 1.71 bits per heavy atom. The van der Waals surface area contributed by atoms with Gasteiger partial charge in [0.15, 0.2) is 0 Å². The molecule has 2 aliphatic carbocycles. The summed E-state index contributed by atoms with van der Waals surface area (Å²) in [4.78, 5) is 0. The third-order valence-electron chi connectivity index (χ3n) is 2.46. The van der Waals surface area contributed by atoms with Gasteiger partial charge in [-0.25, -0.2) is 0 Å². The average Bonchev–Trinajstić information content (AvgIpc) is 2.88. The molecule has 17 heavy (non-hydrogen) atoms. The molecule has 0 N–H and O–H groups in total. The zero-order valence-corrected chi connectivity index (χ0v) is 13.5. The SMILES string of the molecule is C1=Cc2ccccc2C1.Cl.Cl.[Zr][C]1=CC=CC1. The van der Waals surface area contributed by atoms with E-state index in [1.807, 2.05) is 0 Å². The Morgan fingerprint density at radius 1 is 0.941 bits per heavy atom. The van der Waals surface area contributed by atoms with E-state index in [0.717, 1.165) is 6.42 Å². The summed E-state index contributed by atoms with van der Waals surface area (Å²) >= 11 is 1.56. The molecule has 0 radical (unpaired) electrons. The first-order chi connectivity index (χ1) is 7.36. The van der Waals surface area contributed by atoms with Gasteiger partial charge >= 0.3 is 52.6 Å². The van der Waals surface area contributed by atoms with Gasteiger partial charge in [-0.05, 0) is 17.5 Å². The van der Waals surface area contributed by atoms with Crippen molar-refractivity contribution in [2.75, 3.05) is 0 Å². The van der Waals surface area contributed by atoms with Crippen LogP contribution in [0.3, 0.4) is 0 Å². The van der Waals surface area contributed by atoms with Crippen LogP contribution in [0.15, 0.2) is 51.9 Å². The van der Waals surface area contributed by atoms with Crippen molar-refractivity contribution in [2.45, 2.75) is 12.8 Å². The molecule has 3 rings (SSSR count). The zero-order valence-electron chi connectivity index (χ0n) is 9.43. The van der Waals surface area contributed by atoms with E-state index in [0.29, 0.717) is 0 Å². The predicted molar refractivity (Wildman–Crippen MR) is 75.5 cm³/mol. The molecule has 0 fully saturated rings. The van der Waals surface area contributed by atoms with Crippen LogP contribution >= 0.6 is 24.8 Å². The summed E-state index contributed by atoms with van der Waals surface area (Å²) in [6.07, 6.45) is 13.2. The van der Waals surface area contributed by atoms with E-state index >= 15 is 0 Å². The summed E-state index contributed by atoms with van der Waals surface area (Å²) in [6, 6.07) is 8.49. The van der Waals surface area contributed by atoms with Gasteiger partial charge in [-0.3, -0.25) is 0 Å². The van der Waals surface area contributed by atoms with E-state index in [2.05, 4.69) is 54.6 Å². The summed E-state index contributed by atoms with van der Waals surface area (Å²) in [7, 11) is 0. The monoisotopic (exact) mass is 343 g/mol. The van der Waals surface area contributed by atoms with Crippen LogP contribution < -0.4 is 0 Å². The van der Waals surface area contributed by atoms with Gasteiger partial charge in [0.25, 0.3) is 0 Å². The van der Waals surface area contributed by atoms with Crippen molar-refractivity contribution in [1.82, 2.24) is 0 Å². The van der Waals surface area contributed by atoms with Crippen LogP contribution in [-0.4, -0.2) is 0 Å². The number of rotatable bonds is 0. The van der Waals surface area contributed by atoms with Crippen molar-refractivity contribution in [2.24, 2.45) is 0 Å². The Kier molecular flexibility index (Phi) is 8.87. The topological polar surface area (TPSA) is 0 Å². The average molecular weight is 345 g/mol. The van der Waals surface area contributed by atoms with Crippen molar-refractivity contribution in [1.29, 1.82) is 0 Å². The molecule has 2 aliphatic rings. The molecule has 0 saturated carbocycles. The fourth-order valence-electron chi connectivity index (χ4n) is 1.64. The molecule has 0 amide bonds. The van der Waals surface area contributed by atoms with Gasteiger partial charge in [-0.1, -0.05) is 36.4 Å². The van der Waals surface area contributed by atoms with E-state index in [1.165, 1.54) is 17.5 Å². The number of hydrogen-bond donors (Lipinski definition) is 0. The van der Waals surface area contributed by atoms with Gasteiger partial charge < -0.3 is 0 Å². The number of allylic oxidation sites excluding steroid dienone is 5. The van der Waals surface area contributed by atoms with E-state index in [1.54, 1.807) is 28.0 Å². The minimum atomic E-state index is 0. The van der Waals surface area contributed by atoms with Crippen molar-refractivity contribution in [3.63, 3.8) is 0 Å². The number of halogens is 2. The Hall–Kier alpha value is -0.0969. The second kappa shape index (κ2) is 8.92. The quantitative estimate of drug-likeness (QED) is 0.650. The van der Waals surface area contributed by atoms with Crippen molar-refractivity contribution in [3.8, 4) is 0 Å². The molecular formula is C14H15Cl2Zr. The fraction of sp³-hybridized carbons (Fsp3) is 0.143. The second-order valence-electron chi connectivity index (χ2n) is 3.63. The first-order valence-electron chi connectivity index (χ1n) is 5.18. The standard InChI is InChI=1S/C9H8.C5H5.2ClH.Zr/c1-2-5-9-7-3-6-8(9)4-1;1-2-4-5-3-1;;;/h1-6H,7H2;1-3H,4H2;2*1H;. The molecule has 0 unspecified atom stereocenters. The third kappa shape index (κ3) is 5.38. The van der Waals surface area contributed by atoms with Gasteiger partial charge in [-0.2, -0.15) is 0 Å². The van der Waals surface area contributed by atoms with E-state index < -0.39 is 0 Å². The van der Waals surface area contributed by atoms with Gasteiger partial charge in [0.1, 0.15) is 0 Å². The summed E-state index contributed by atoms with van der Waals surface area (Å²) in [6.45, 7) is 0. The maximum atomic E-state index is 2.20. The summed E-state index contributed by atoms with van der Waals surface area (Å²) in [5.41, 5.74) is 2.84. The first-order valence-corrected chi connectivity index (χ1v) is 6.41. The van der Waals surface area contributed by atoms with E-state index in [4.69, 9.17) is 0 Å². The predicted octanol–water partition coefficient (Wildman–Crippen LogP) is 4.48. The maximum absolute atomic E-state index is 2.20. The Morgan fingerprint density at radius 3 is 2.24 bits per heavy atom. The molecule has 0 saturated heterocycles. The summed E-state index contributed by atoms with van der Waals surface area (Å²) in [5.74, 6) is 0. The van der Waals surface area contributed by atoms with Crippen LogP contribution in [0.4, 0.5) is 0 Å². The van der Waals surface area contributed by atoms with Crippen LogP contribution in [0.2, 0.25) is 0 Å². The van der Waals surface area contributed by atoms with Crippen LogP contribution in [0, 0.1) is 0 Å². The van der Waals surface area contributed by atoms with E-state index in [-0.39, 0.29) is 24.8 Å². The Labute approximate surface area is 131 Å². The molecule has 89 valence electrons. The zero-order chi connectivity index (χ0) is 10.5. The number of benzene rings is 1. The molecule has 0 atom stereocenters. The molecule has 1 aromatic rings. The molecule has 1 aromatic carbocycles. The minimum absolute atomic E-state index is 0. The van der Waals surface area contributed by atoms with Gasteiger partial charge in [0.2, 0.25) is 0 Å². The normalized spacial score (nSPS) is 13.7. The van der Waals surface area contributed by atoms with Crippen molar-refractivity contribution < 1.29 is 24.7 Å². The van der Waals surface area contributed by atoms with Crippen LogP contribution in [0.5, 0.6) is 0 Å². The van der Waals surface area contributed by atoms with Crippen LogP contribution in [0.1, 0.15) is 17.5 Å². The summed E-state index contributed by atoms with van der Waals surface area (Å²) in [5, 5.41) is 0. The Bertz CT molecular complexity index is 434. The van der Waals surface area contributed by atoms with Gasteiger partial charge in [-0.15, -0.1) is 24.8 Å². The molecule has 0 nitrogen and oxygen atoms in total. The fourth-order valence-corrected chi connectivity index (χ4v) is 2.17. The number of hydrogen-bond acceptors (Lipinski definition) is 0. The van der Waals surface area contributed by atoms with Crippen molar-refractivity contribution in [3.05, 3.63) is 63.0 Å². The van der Waals surface area contributed by atoms with Crippen LogP contribution in [-0.2, 0) is 31.1 Å². The molecule has 0 bridgehead atoms. The first kappa shape index (κ1) is 16.9. The summed E-state index contributed by atoms with van der Waals surface area (Å²) < 4.78 is 1.56. The molecular weight excluding hydrogens is 330 g/mol. The molecule has 0 spiro atoms. The van der Waals surface area contributed by atoms with Gasteiger partial charge in [0, 0.05) is 0 Å². The molecule has 3 heteroatoms. The molecule has 0 aromatic heterocycles. The van der Waals surface area contributed by atoms with Gasteiger partial charge in [0.05, 0.1) is 0 Å². The Balaban J connectivity index is 0.000000287. The molecule has 0 heterocycles. The molecule has 0 aliphatic heterocycles. The van der Waals surface area contributed by atoms with Crippen LogP contribution in [0.25, 0.3) is 6.08 Å². The second-order valence-corrected chi connectivity index (χ2v) is 5.21.